The average molecular weight is 306 g/mol. The van der Waals surface area contributed by atoms with Crippen LogP contribution in [0, 0.1) is 0 Å². The van der Waals surface area contributed by atoms with Gasteiger partial charge in [-0.2, -0.15) is 0 Å². The highest BCUT2D eigenvalue weighted by atomic mass is 32.2. The summed E-state index contributed by atoms with van der Waals surface area (Å²) in [7, 11) is 0. The van der Waals surface area contributed by atoms with Crippen LogP contribution in [0.3, 0.4) is 0 Å². The number of carbonyl (C=O) groups excluding carboxylic acids is 2. The van der Waals surface area contributed by atoms with Gasteiger partial charge in [0.05, 0.1) is 12.4 Å². The van der Waals surface area contributed by atoms with Gasteiger partial charge in [-0.15, -0.1) is 10.2 Å². The van der Waals surface area contributed by atoms with Gasteiger partial charge in [-0.1, -0.05) is 30.0 Å². The van der Waals surface area contributed by atoms with Crippen molar-refractivity contribution in [3.05, 3.63) is 30.3 Å². The number of nitrogens with zero attached hydrogens (tertiary/aromatic N) is 2. The Hall–Kier alpha value is -2.15. The van der Waals surface area contributed by atoms with Gasteiger partial charge in [0, 0.05) is 5.56 Å². The van der Waals surface area contributed by atoms with Crippen molar-refractivity contribution in [3.8, 4) is 11.5 Å². The summed E-state index contributed by atoms with van der Waals surface area (Å²) in [4.78, 5) is 22.7. The number of Topliss-reactive ketones (excluding diaryl/α,β-unsaturated/α-hetero) is 1. The van der Waals surface area contributed by atoms with Crippen molar-refractivity contribution in [1.82, 2.24) is 10.2 Å². The second kappa shape index (κ2) is 7.58. The van der Waals surface area contributed by atoms with Crippen molar-refractivity contribution in [2.24, 2.45) is 0 Å². The van der Waals surface area contributed by atoms with Crippen LogP contribution in [0.2, 0.25) is 0 Å². The third kappa shape index (κ3) is 4.71. The van der Waals surface area contributed by atoms with E-state index in [1.165, 1.54) is 0 Å². The Balaban J connectivity index is 1.86. The summed E-state index contributed by atoms with van der Waals surface area (Å²) in [5.41, 5.74) is 0.815. The lowest BCUT2D eigenvalue weighted by molar-refractivity contribution is -0.145. The lowest BCUT2D eigenvalue weighted by Gasteiger charge is -1.99. The van der Waals surface area contributed by atoms with E-state index in [0.29, 0.717) is 11.1 Å². The fourth-order valence-electron chi connectivity index (χ4n) is 1.53. The molecule has 0 fully saturated rings. The first kappa shape index (κ1) is 15.2. The molecule has 7 heteroatoms. The average Bonchev–Trinajstić information content (AvgIpc) is 2.95. The number of ether oxygens (including phenoxy) is 1. The molecule has 2 rings (SSSR count). The number of hydrogen-bond donors (Lipinski definition) is 0. The monoisotopic (exact) mass is 306 g/mol. The van der Waals surface area contributed by atoms with Gasteiger partial charge in [-0.05, 0) is 19.1 Å². The number of hydrogen-bond acceptors (Lipinski definition) is 7. The van der Waals surface area contributed by atoms with Crippen LogP contribution in [0.15, 0.2) is 40.0 Å². The van der Waals surface area contributed by atoms with Crippen LogP contribution in [0.5, 0.6) is 0 Å². The topological polar surface area (TPSA) is 82.3 Å². The van der Waals surface area contributed by atoms with Crippen molar-refractivity contribution in [1.29, 1.82) is 0 Å². The van der Waals surface area contributed by atoms with Gasteiger partial charge in [0.25, 0.3) is 5.22 Å². The molecule has 0 saturated carbocycles. The summed E-state index contributed by atoms with van der Waals surface area (Å²) in [6.07, 6.45) is -0.236. The molecule has 0 aliphatic carbocycles. The molecule has 0 aliphatic heterocycles. The van der Waals surface area contributed by atoms with E-state index >= 15 is 0 Å². The molecule has 0 atom stereocenters. The van der Waals surface area contributed by atoms with Gasteiger partial charge in [-0.25, -0.2) is 0 Å². The number of aromatic nitrogens is 2. The van der Waals surface area contributed by atoms with Crippen LogP contribution >= 0.6 is 11.8 Å². The summed E-state index contributed by atoms with van der Waals surface area (Å²) in [6, 6.07) is 9.34. The third-order valence-electron chi connectivity index (χ3n) is 2.43. The molecule has 0 radical (unpaired) electrons. The van der Waals surface area contributed by atoms with E-state index in [4.69, 9.17) is 9.15 Å². The summed E-state index contributed by atoms with van der Waals surface area (Å²) >= 11 is 1.11. The van der Waals surface area contributed by atoms with Gasteiger partial charge >= 0.3 is 5.97 Å². The second-order valence-corrected chi connectivity index (χ2v) is 4.97. The first-order valence-electron chi connectivity index (χ1n) is 6.38. The van der Waals surface area contributed by atoms with E-state index in [-0.39, 0.29) is 24.6 Å². The molecule has 1 aromatic carbocycles. The van der Waals surface area contributed by atoms with Crippen LogP contribution in [-0.4, -0.2) is 34.3 Å². The number of esters is 1. The van der Waals surface area contributed by atoms with E-state index in [1.807, 2.05) is 30.3 Å². The first-order chi connectivity index (χ1) is 10.2. The Kier molecular flexibility index (Phi) is 5.51. The van der Waals surface area contributed by atoms with Crippen molar-refractivity contribution >= 4 is 23.5 Å². The standard InChI is InChI=1S/C14H14N2O4S/c1-2-19-12(18)8-11(17)9-21-14-16-15-13(20-14)10-6-4-3-5-7-10/h3-7H,2,8-9H2,1H3. The summed E-state index contributed by atoms with van der Waals surface area (Å²) < 4.78 is 10.2. The zero-order chi connectivity index (χ0) is 15.1. The fraction of sp³-hybridized carbons (Fsp3) is 0.286. The maximum absolute atomic E-state index is 11.6. The van der Waals surface area contributed by atoms with Crippen LogP contribution in [-0.2, 0) is 14.3 Å². The number of carbonyl (C=O) groups is 2. The van der Waals surface area contributed by atoms with E-state index in [1.54, 1.807) is 6.92 Å². The molecule has 1 heterocycles. The highest BCUT2D eigenvalue weighted by Crippen LogP contribution is 2.22. The Labute approximate surface area is 125 Å². The van der Waals surface area contributed by atoms with E-state index in [9.17, 15) is 9.59 Å². The van der Waals surface area contributed by atoms with E-state index in [0.717, 1.165) is 17.3 Å². The number of ketones is 1. The van der Waals surface area contributed by atoms with Crippen molar-refractivity contribution in [2.45, 2.75) is 18.6 Å². The highest BCUT2D eigenvalue weighted by molar-refractivity contribution is 7.99. The molecular formula is C14H14N2O4S. The molecule has 0 spiro atoms. The maximum atomic E-state index is 11.6. The molecule has 1 aromatic heterocycles. The molecule has 0 unspecified atom stereocenters. The molecule has 0 aliphatic rings. The SMILES string of the molecule is CCOC(=O)CC(=O)CSc1nnc(-c2ccccc2)o1. The van der Waals surface area contributed by atoms with E-state index in [2.05, 4.69) is 10.2 Å². The molecule has 0 bridgehead atoms. The largest absolute Gasteiger partial charge is 0.466 e. The highest BCUT2D eigenvalue weighted by Gasteiger charge is 2.14. The van der Waals surface area contributed by atoms with Crippen molar-refractivity contribution in [3.63, 3.8) is 0 Å². The Morgan fingerprint density at radius 1 is 1.24 bits per heavy atom. The quantitative estimate of drug-likeness (QED) is 0.441. The normalized spacial score (nSPS) is 10.3. The summed E-state index contributed by atoms with van der Waals surface area (Å²) in [5, 5.41) is 8.07. The summed E-state index contributed by atoms with van der Waals surface area (Å²) in [6.45, 7) is 1.96. The Morgan fingerprint density at radius 2 is 2.00 bits per heavy atom. The molecule has 6 nitrogen and oxygen atoms in total. The lowest BCUT2D eigenvalue weighted by Crippen LogP contribution is -2.12. The van der Waals surface area contributed by atoms with Gasteiger partial charge in [0.15, 0.2) is 5.78 Å². The Bertz CT molecular complexity index is 612. The minimum atomic E-state index is -0.515. The number of benzene rings is 1. The molecule has 110 valence electrons. The van der Waals surface area contributed by atoms with Gasteiger partial charge < -0.3 is 9.15 Å². The van der Waals surface area contributed by atoms with Crippen LogP contribution < -0.4 is 0 Å². The predicted molar refractivity (Wildman–Crippen MR) is 76.7 cm³/mol. The van der Waals surface area contributed by atoms with Crippen LogP contribution in [0.1, 0.15) is 13.3 Å². The molecule has 0 amide bonds. The molecule has 0 saturated heterocycles. The number of rotatable bonds is 7. The smallest absolute Gasteiger partial charge is 0.313 e. The minimum Gasteiger partial charge on any atom is -0.466 e. The molecule has 0 N–H and O–H groups in total. The zero-order valence-corrected chi connectivity index (χ0v) is 12.3. The van der Waals surface area contributed by atoms with Crippen LogP contribution in [0.4, 0.5) is 0 Å². The Morgan fingerprint density at radius 3 is 2.71 bits per heavy atom. The van der Waals surface area contributed by atoms with Crippen molar-refractivity contribution in [2.75, 3.05) is 12.4 Å². The maximum Gasteiger partial charge on any atom is 0.313 e. The third-order valence-corrected chi connectivity index (χ3v) is 3.31. The van der Waals surface area contributed by atoms with Gasteiger partial charge in [0.2, 0.25) is 5.89 Å². The lowest BCUT2D eigenvalue weighted by atomic mass is 10.2. The zero-order valence-electron chi connectivity index (χ0n) is 11.4. The predicted octanol–water partition coefficient (Wildman–Crippen LogP) is 2.35. The minimum absolute atomic E-state index is 0.0925. The van der Waals surface area contributed by atoms with Crippen molar-refractivity contribution < 1.29 is 18.7 Å². The molecular weight excluding hydrogens is 292 g/mol. The fourth-order valence-corrected chi connectivity index (χ4v) is 2.15. The number of thioether (sulfide) groups is 1. The molecule has 2 aromatic rings. The van der Waals surface area contributed by atoms with Gasteiger partial charge in [-0.3, -0.25) is 9.59 Å². The first-order valence-corrected chi connectivity index (χ1v) is 7.36. The van der Waals surface area contributed by atoms with Gasteiger partial charge in [0.1, 0.15) is 6.42 Å². The van der Waals surface area contributed by atoms with Crippen LogP contribution in [0.25, 0.3) is 11.5 Å². The summed E-state index contributed by atoms with van der Waals surface area (Å²) in [5.74, 6) is -0.262. The second-order valence-electron chi connectivity index (χ2n) is 4.05. The molecule has 21 heavy (non-hydrogen) atoms. The van der Waals surface area contributed by atoms with E-state index < -0.39 is 5.97 Å².